The maximum atomic E-state index is 13.8. The summed E-state index contributed by atoms with van der Waals surface area (Å²) in [6.45, 7) is 5.68. The summed E-state index contributed by atoms with van der Waals surface area (Å²) in [4.78, 5) is 18.0. The van der Waals surface area contributed by atoms with Gasteiger partial charge in [-0.3, -0.25) is 0 Å². The second-order valence-corrected chi connectivity index (χ2v) is 13.1. The Morgan fingerprint density at radius 3 is 2.42 bits per heavy atom. The van der Waals surface area contributed by atoms with Crippen LogP contribution in [0, 0.1) is 0 Å². The van der Waals surface area contributed by atoms with E-state index in [1.165, 1.54) is 16.6 Å². The number of pyridine rings is 1. The van der Waals surface area contributed by atoms with Crippen LogP contribution in [0.1, 0.15) is 36.6 Å². The van der Waals surface area contributed by atoms with Crippen LogP contribution in [-0.4, -0.2) is 79.5 Å². The van der Waals surface area contributed by atoms with Gasteiger partial charge in [0.1, 0.15) is 11.6 Å². The van der Waals surface area contributed by atoms with Crippen LogP contribution >= 0.6 is 0 Å². The number of hydrogen-bond acceptors (Lipinski definition) is 9. The van der Waals surface area contributed by atoms with Crippen LogP contribution in [-0.2, 0) is 29.0 Å². The van der Waals surface area contributed by atoms with E-state index in [0.29, 0.717) is 69.6 Å². The monoisotopic (exact) mass is 616 g/mol. The van der Waals surface area contributed by atoms with E-state index >= 15 is 0 Å². The van der Waals surface area contributed by atoms with Gasteiger partial charge in [0.15, 0.2) is 0 Å². The summed E-state index contributed by atoms with van der Waals surface area (Å²) in [6.07, 6.45) is -0.234. The molecule has 1 unspecified atom stereocenters. The third kappa shape index (κ3) is 6.13. The lowest BCUT2D eigenvalue weighted by Crippen LogP contribution is -2.46. The summed E-state index contributed by atoms with van der Waals surface area (Å²) in [6, 6.07) is 9.24. The molecule has 2 fully saturated rings. The van der Waals surface area contributed by atoms with Gasteiger partial charge in [-0.25, -0.2) is 18.4 Å². The van der Waals surface area contributed by atoms with Crippen LogP contribution in [0.15, 0.2) is 47.5 Å². The second kappa shape index (κ2) is 11.9. The molecule has 3 aliphatic rings. The van der Waals surface area contributed by atoms with Gasteiger partial charge in [0.25, 0.3) is 0 Å². The number of alkyl halides is 3. The minimum absolute atomic E-state index is 0.0834. The van der Waals surface area contributed by atoms with E-state index in [-0.39, 0.29) is 16.8 Å². The van der Waals surface area contributed by atoms with Gasteiger partial charge in [0.2, 0.25) is 16.0 Å². The standard InChI is InChI=1S/C29H35F3N8O2S/c1-20-4-3-15-40(20)28-36-25-11-17-38(27-24(29(30,31)32)5-2-12-34-27)16-10-23(25)26(37-28)35-21-6-8-22(9-7-21)43(41,42)39-18-13-33-14-19-39/h2,5-9,12,20,33H,3-4,10-11,13-19H2,1H3,(H,35,36,37). The van der Waals surface area contributed by atoms with Gasteiger partial charge in [-0.15, -0.1) is 0 Å². The molecule has 3 aliphatic heterocycles. The lowest BCUT2D eigenvalue weighted by Gasteiger charge is -2.26. The molecule has 2 saturated heterocycles. The zero-order valence-electron chi connectivity index (χ0n) is 23.9. The minimum atomic E-state index is -4.52. The molecular formula is C29H35F3N8O2S. The normalized spacial score (nSPS) is 20.1. The van der Waals surface area contributed by atoms with Crippen molar-refractivity contribution >= 4 is 33.3 Å². The smallest absolute Gasteiger partial charge is 0.355 e. The van der Waals surface area contributed by atoms with Crippen LogP contribution in [0.5, 0.6) is 0 Å². The lowest BCUT2D eigenvalue weighted by molar-refractivity contribution is -0.137. The van der Waals surface area contributed by atoms with Crippen molar-refractivity contribution < 1.29 is 21.6 Å². The van der Waals surface area contributed by atoms with E-state index in [0.717, 1.165) is 36.7 Å². The molecule has 1 aromatic carbocycles. The van der Waals surface area contributed by atoms with Gasteiger partial charge >= 0.3 is 6.18 Å². The maximum absolute atomic E-state index is 13.8. The highest BCUT2D eigenvalue weighted by atomic mass is 32.2. The molecular weight excluding hydrogens is 581 g/mol. The molecule has 0 saturated carbocycles. The Morgan fingerprint density at radius 1 is 0.977 bits per heavy atom. The first-order chi connectivity index (χ1) is 20.6. The van der Waals surface area contributed by atoms with Gasteiger partial charge in [-0.1, -0.05) is 0 Å². The van der Waals surface area contributed by atoms with Crippen LogP contribution < -0.4 is 20.4 Å². The molecule has 1 atom stereocenters. The van der Waals surface area contributed by atoms with Crippen molar-refractivity contribution in [2.24, 2.45) is 0 Å². The first kappa shape index (κ1) is 29.6. The van der Waals surface area contributed by atoms with Crippen molar-refractivity contribution in [2.75, 3.05) is 60.9 Å². The lowest BCUT2D eigenvalue weighted by atomic mass is 10.1. The molecule has 0 aliphatic carbocycles. The number of aromatic nitrogens is 3. The van der Waals surface area contributed by atoms with E-state index in [9.17, 15) is 21.6 Å². The Morgan fingerprint density at radius 2 is 1.72 bits per heavy atom. The number of sulfonamides is 1. The van der Waals surface area contributed by atoms with Crippen molar-refractivity contribution in [3.8, 4) is 0 Å². The van der Waals surface area contributed by atoms with Crippen molar-refractivity contribution in [2.45, 2.75) is 49.7 Å². The summed E-state index contributed by atoms with van der Waals surface area (Å²) in [7, 11) is -3.60. The average molecular weight is 617 g/mol. The number of nitrogens with one attached hydrogen (secondary N) is 2. The number of anilines is 4. The number of fused-ring (bicyclic) bond motifs is 1. The fourth-order valence-corrected chi connectivity index (χ4v) is 7.45. The molecule has 3 aromatic rings. The summed E-state index contributed by atoms with van der Waals surface area (Å²) >= 11 is 0. The van der Waals surface area contributed by atoms with E-state index in [1.54, 1.807) is 29.2 Å². The van der Waals surface area contributed by atoms with Crippen LogP contribution in [0.4, 0.5) is 36.4 Å². The molecule has 0 amide bonds. The van der Waals surface area contributed by atoms with E-state index < -0.39 is 21.8 Å². The number of nitrogens with zero attached hydrogens (tertiary/aromatic N) is 6. The van der Waals surface area contributed by atoms with Crippen LogP contribution in [0.2, 0.25) is 0 Å². The number of halogens is 3. The van der Waals surface area contributed by atoms with E-state index in [4.69, 9.17) is 9.97 Å². The number of piperazine rings is 1. The highest BCUT2D eigenvalue weighted by molar-refractivity contribution is 7.89. The Labute approximate surface area is 249 Å². The third-order valence-corrected chi connectivity index (χ3v) is 10.3. The Kier molecular flexibility index (Phi) is 8.18. The van der Waals surface area contributed by atoms with Gasteiger partial charge in [-0.2, -0.15) is 22.5 Å². The largest absolute Gasteiger partial charge is 0.419 e. The predicted octanol–water partition coefficient (Wildman–Crippen LogP) is 3.82. The van der Waals surface area contributed by atoms with Crippen molar-refractivity contribution in [1.82, 2.24) is 24.6 Å². The quantitative estimate of drug-likeness (QED) is 0.428. The van der Waals surface area contributed by atoms with E-state index in [2.05, 4.69) is 27.4 Å². The fraction of sp³-hybridized carbons (Fsp3) is 0.483. The van der Waals surface area contributed by atoms with Crippen molar-refractivity contribution in [3.05, 3.63) is 59.4 Å². The molecule has 14 heteroatoms. The van der Waals surface area contributed by atoms with Gasteiger partial charge in [0, 0.05) is 75.7 Å². The molecule has 2 aromatic heterocycles. The molecule has 10 nitrogen and oxygen atoms in total. The summed E-state index contributed by atoms with van der Waals surface area (Å²) in [5.41, 5.74) is 1.52. The summed E-state index contributed by atoms with van der Waals surface area (Å²) in [5, 5.41) is 6.54. The van der Waals surface area contributed by atoms with Crippen molar-refractivity contribution in [1.29, 1.82) is 0 Å². The maximum Gasteiger partial charge on any atom is 0.419 e. The highest BCUT2D eigenvalue weighted by Crippen LogP contribution is 2.37. The zero-order valence-corrected chi connectivity index (χ0v) is 24.8. The fourth-order valence-electron chi connectivity index (χ4n) is 6.01. The first-order valence-electron chi connectivity index (χ1n) is 14.6. The molecule has 43 heavy (non-hydrogen) atoms. The number of rotatable bonds is 6. The highest BCUT2D eigenvalue weighted by Gasteiger charge is 2.36. The van der Waals surface area contributed by atoms with Gasteiger partial charge in [0.05, 0.1) is 16.2 Å². The van der Waals surface area contributed by atoms with E-state index in [1.807, 2.05) is 0 Å². The molecule has 0 radical (unpaired) electrons. The minimum Gasteiger partial charge on any atom is -0.355 e. The molecule has 5 heterocycles. The molecule has 0 bridgehead atoms. The summed E-state index contributed by atoms with van der Waals surface area (Å²) < 4.78 is 69.1. The molecule has 6 rings (SSSR count). The Hall–Kier alpha value is -3.49. The molecule has 0 spiro atoms. The van der Waals surface area contributed by atoms with Crippen LogP contribution in [0.25, 0.3) is 0 Å². The average Bonchev–Trinajstić information content (AvgIpc) is 3.31. The number of benzene rings is 1. The first-order valence-corrected chi connectivity index (χ1v) is 16.1. The Bertz CT molecular complexity index is 1560. The van der Waals surface area contributed by atoms with Gasteiger partial charge in [-0.05, 0) is 62.6 Å². The number of hydrogen-bond donors (Lipinski definition) is 2. The predicted molar refractivity (Wildman–Crippen MR) is 158 cm³/mol. The van der Waals surface area contributed by atoms with Crippen LogP contribution in [0.3, 0.4) is 0 Å². The van der Waals surface area contributed by atoms with Gasteiger partial charge < -0.3 is 20.4 Å². The van der Waals surface area contributed by atoms with Crippen molar-refractivity contribution in [3.63, 3.8) is 0 Å². The summed E-state index contributed by atoms with van der Waals surface area (Å²) in [5.74, 6) is 1.09. The third-order valence-electron chi connectivity index (χ3n) is 8.36. The SMILES string of the molecule is CC1CCCN1c1nc2c(c(Nc3ccc(S(=O)(=O)N4CCNCC4)cc3)n1)CCN(c1ncccc1C(F)(F)F)CC2. The second-order valence-electron chi connectivity index (χ2n) is 11.1. The Balaban J connectivity index is 1.30. The topological polar surface area (TPSA) is 107 Å². The zero-order chi connectivity index (χ0) is 30.2. The molecule has 230 valence electrons. The molecule has 2 N–H and O–H groups in total.